The zero-order chi connectivity index (χ0) is 21.8. The van der Waals surface area contributed by atoms with Crippen molar-refractivity contribution in [2.24, 2.45) is 11.5 Å². The molecular weight excluding hydrogens is 404 g/mol. The van der Waals surface area contributed by atoms with Crippen LogP contribution in [0.5, 0.6) is 0 Å². The van der Waals surface area contributed by atoms with Gasteiger partial charge in [0.15, 0.2) is 46.5 Å². The van der Waals surface area contributed by atoms with Crippen molar-refractivity contribution >= 4 is 0 Å². The van der Waals surface area contributed by atoms with Crippen molar-refractivity contribution in [1.82, 2.24) is 0 Å². The highest BCUT2D eigenvalue weighted by molar-refractivity contribution is 5.30. The maximum atomic E-state index is 13.0. The van der Waals surface area contributed by atoms with Crippen LogP contribution in [-0.4, -0.2) is 10.2 Å². The van der Waals surface area contributed by atoms with E-state index in [2.05, 4.69) is 0 Å². The largest absolute Gasteiger partial charge is 0.391 e. The van der Waals surface area contributed by atoms with Gasteiger partial charge in [0.05, 0.1) is 24.3 Å². The molecule has 0 atom stereocenters. The standard InChI is InChI=1S/C8H8F4N2.C8H6F4O2/c2*9-5-3(1-13)6(10)8(12)4(2-14)7(5)11/h1-2,13-14H2;13-14H,1-2H2. The smallest absolute Gasteiger partial charge is 0.167 e. The van der Waals surface area contributed by atoms with Gasteiger partial charge in [0.1, 0.15) is 0 Å². The van der Waals surface area contributed by atoms with Gasteiger partial charge in [0.25, 0.3) is 0 Å². The fourth-order valence-electron chi connectivity index (χ4n) is 2.08. The molecule has 0 aliphatic rings. The van der Waals surface area contributed by atoms with Crippen LogP contribution in [0.15, 0.2) is 0 Å². The number of aliphatic hydroxyl groups is 2. The molecule has 2 aromatic rings. The third kappa shape index (κ3) is 4.24. The Kier molecular flexibility index (Phi) is 8.29. The van der Waals surface area contributed by atoms with Crippen LogP contribution in [0, 0.1) is 46.5 Å². The van der Waals surface area contributed by atoms with Crippen molar-refractivity contribution in [2.75, 3.05) is 0 Å². The van der Waals surface area contributed by atoms with Crippen LogP contribution >= 0.6 is 0 Å². The zero-order valence-corrected chi connectivity index (χ0v) is 13.9. The molecule has 0 aliphatic heterocycles. The lowest BCUT2D eigenvalue weighted by Gasteiger charge is -2.08. The molecule has 0 aliphatic carbocycles. The highest BCUT2D eigenvalue weighted by Gasteiger charge is 2.24. The normalized spacial score (nSPS) is 10.7. The molecule has 12 heteroatoms. The highest BCUT2D eigenvalue weighted by atomic mass is 19.2. The molecule has 0 amide bonds. The van der Waals surface area contributed by atoms with Crippen LogP contribution in [0.2, 0.25) is 0 Å². The molecule has 0 fully saturated rings. The molecule has 2 rings (SSSR count). The second-order valence-corrected chi connectivity index (χ2v) is 5.15. The Morgan fingerprint density at radius 3 is 0.750 bits per heavy atom. The maximum Gasteiger partial charge on any atom is 0.167 e. The number of nitrogens with two attached hydrogens (primary N) is 2. The summed E-state index contributed by atoms with van der Waals surface area (Å²) < 4.78 is 103. The minimum atomic E-state index is -1.68. The Morgan fingerprint density at radius 1 is 0.429 bits per heavy atom. The summed E-state index contributed by atoms with van der Waals surface area (Å²) in [5.41, 5.74) is 6.08. The Balaban J connectivity index is 0.000000280. The minimum absolute atomic E-state index is 0.615. The van der Waals surface area contributed by atoms with E-state index in [-0.39, 0.29) is 0 Å². The van der Waals surface area contributed by atoms with E-state index < -0.39 is 95.1 Å². The monoisotopic (exact) mass is 418 g/mol. The number of halogens is 8. The van der Waals surface area contributed by atoms with Gasteiger partial charge in [-0.3, -0.25) is 0 Å². The van der Waals surface area contributed by atoms with E-state index in [4.69, 9.17) is 21.7 Å². The topological polar surface area (TPSA) is 92.5 Å². The van der Waals surface area contributed by atoms with Crippen molar-refractivity contribution in [1.29, 1.82) is 0 Å². The fraction of sp³-hybridized carbons (Fsp3) is 0.250. The average molecular weight is 418 g/mol. The van der Waals surface area contributed by atoms with Crippen LogP contribution in [0.3, 0.4) is 0 Å². The minimum Gasteiger partial charge on any atom is -0.391 e. The number of hydrogen-bond acceptors (Lipinski definition) is 4. The second-order valence-electron chi connectivity index (χ2n) is 5.15. The maximum absolute atomic E-state index is 13.0. The molecular formula is C16H14F8N2O2. The van der Waals surface area contributed by atoms with E-state index in [1.807, 2.05) is 0 Å². The van der Waals surface area contributed by atoms with Gasteiger partial charge < -0.3 is 21.7 Å². The Bertz CT molecular complexity index is 677. The molecule has 0 saturated heterocycles. The lowest BCUT2D eigenvalue weighted by atomic mass is 10.1. The van der Waals surface area contributed by atoms with E-state index in [0.29, 0.717) is 0 Å². The molecule has 0 aromatic heterocycles. The molecule has 0 bridgehead atoms. The van der Waals surface area contributed by atoms with E-state index in [1.54, 1.807) is 0 Å². The van der Waals surface area contributed by atoms with Gasteiger partial charge in [0, 0.05) is 24.2 Å². The summed E-state index contributed by atoms with van der Waals surface area (Å²) >= 11 is 0. The summed E-state index contributed by atoms with van der Waals surface area (Å²) in [4.78, 5) is 0. The second kappa shape index (κ2) is 9.78. The van der Waals surface area contributed by atoms with Gasteiger partial charge in [-0.2, -0.15) is 0 Å². The van der Waals surface area contributed by atoms with Gasteiger partial charge in [0.2, 0.25) is 0 Å². The lowest BCUT2D eigenvalue weighted by molar-refractivity contribution is 0.247. The first-order valence-corrected chi connectivity index (χ1v) is 7.38. The summed E-state index contributed by atoms with van der Waals surface area (Å²) in [6.07, 6.45) is 0. The van der Waals surface area contributed by atoms with E-state index >= 15 is 0 Å². The number of hydrogen-bond donors (Lipinski definition) is 4. The lowest BCUT2D eigenvalue weighted by Crippen LogP contribution is -2.14. The van der Waals surface area contributed by atoms with Gasteiger partial charge in [-0.25, -0.2) is 35.1 Å². The van der Waals surface area contributed by atoms with Gasteiger partial charge in [-0.1, -0.05) is 0 Å². The van der Waals surface area contributed by atoms with Crippen LogP contribution in [0.4, 0.5) is 35.1 Å². The van der Waals surface area contributed by atoms with Gasteiger partial charge in [-0.05, 0) is 0 Å². The van der Waals surface area contributed by atoms with Gasteiger partial charge in [-0.15, -0.1) is 0 Å². The molecule has 0 heterocycles. The Labute approximate surface area is 153 Å². The molecule has 0 spiro atoms. The highest BCUT2D eigenvalue weighted by Crippen LogP contribution is 2.24. The Hall–Kier alpha value is -2.28. The molecule has 0 unspecified atom stereocenters. The number of rotatable bonds is 4. The molecule has 28 heavy (non-hydrogen) atoms. The third-order valence-electron chi connectivity index (χ3n) is 3.61. The van der Waals surface area contributed by atoms with E-state index in [1.165, 1.54) is 0 Å². The van der Waals surface area contributed by atoms with Gasteiger partial charge >= 0.3 is 0 Å². The molecule has 0 radical (unpaired) electrons. The van der Waals surface area contributed by atoms with Crippen molar-refractivity contribution in [2.45, 2.75) is 26.3 Å². The molecule has 2 aromatic carbocycles. The third-order valence-corrected chi connectivity index (χ3v) is 3.61. The summed E-state index contributed by atoms with van der Waals surface area (Å²) in [6, 6.07) is 0. The Morgan fingerprint density at radius 2 is 0.607 bits per heavy atom. The number of benzene rings is 2. The van der Waals surface area contributed by atoms with Crippen molar-refractivity contribution in [3.05, 3.63) is 68.8 Å². The van der Waals surface area contributed by atoms with Crippen LogP contribution in [-0.2, 0) is 26.3 Å². The van der Waals surface area contributed by atoms with Crippen molar-refractivity contribution in [3.63, 3.8) is 0 Å². The predicted molar refractivity (Wildman–Crippen MR) is 80.2 cm³/mol. The van der Waals surface area contributed by atoms with Crippen molar-refractivity contribution < 1.29 is 45.3 Å². The fourth-order valence-corrected chi connectivity index (χ4v) is 2.08. The molecule has 0 saturated carbocycles. The number of aliphatic hydroxyl groups excluding tert-OH is 2. The molecule has 4 nitrogen and oxygen atoms in total. The molecule has 6 N–H and O–H groups in total. The van der Waals surface area contributed by atoms with E-state index in [0.717, 1.165) is 0 Å². The van der Waals surface area contributed by atoms with Crippen LogP contribution in [0.1, 0.15) is 22.3 Å². The predicted octanol–water partition coefficient (Wildman–Crippen LogP) is 2.39. The summed E-state index contributed by atoms with van der Waals surface area (Å²) in [6.45, 7) is -3.54. The summed E-state index contributed by atoms with van der Waals surface area (Å²) in [5, 5.41) is 16.9. The first-order chi connectivity index (χ1) is 13.1. The SMILES string of the molecule is NCc1c(F)c(F)c(CN)c(F)c1F.OCc1c(F)c(F)c(CO)c(F)c1F. The first kappa shape index (κ1) is 23.8. The zero-order valence-electron chi connectivity index (χ0n) is 13.9. The summed E-state index contributed by atoms with van der Waals surface area (Å²) in [7, 11) is 0. The molecule has 156 valence electrons. The quantitative estimate of drug-likeness (QED) is 0.453. The van der Waals surface area contributed by atoms with Crippen LogP contribution in [0.25, 0.3) is 0 Å². The van der Waals surface area contributed by atoms with Crippen molar-refractivity contribution in [3.8, 4) is 0 Å². The van der Waals surface area contributed by atoms with Crippen LogP contribution < -0.4 is 11.5 Å². The average Bonchev–Trinajstić information content (AvgIpc) is 2.67. The first-order valence-electron chi connectivity index (χ1n) is 7.38. The summed E-state index contributed by atoms with van der Waals surface area (Å²) in [5.74, 6) is -12.7. The van der Waals surface area contributed by atoms with E-state index in [9.17, 15) is 35.1 Å².